The Balaban J connectivity index is 2.28. The number of rotatable bonds is 3. The number of nitrogens with one attached hydrogen (secondary N) is 1. The highest BCUT2D eigenvalue weighted by atomic mass is 16.3. The van der Waals surface area contributed by atoms with Crippen molar-refractivity contribution in [2.24, 2.45) is 0 Å². The first-order chi connectivity index (χ1) is 8.72. The lowest BCUT2D eigenvalue weighted by Crippen LogP contribution is -2.45. The molecule has 0 aromatic heterocycles. The van der Waals surface area contributed by atoms with E-state index in [0.29, 0.717) is 12.0 Å². The van der Waals surface area contributed by atoms with Crippen molar-refractivity contribution in [3.8, 4) is 17.6 Å². The third kappa shape index (κ3) is 2.73. The number of phenolic OH excluding ortho intramolecular Hbond substituents is 2. The quantitative estimate of drug-likeness (QED) is 0.693. The lowest BCUT2D eigenvalue weighted by Gasteiger charge is -2.34. The predicted octanol–water partition coefficient (Wildman–Crippen LogP) is 0.958. The van der Waals surface area contributed by atoms with Gasteiger partial charge in [-0.2, -0.15) is 5.26 Å². The number of nitriles is 1. The average Bonchev–Trinajstić information content (AvgIpc) is 2.40. The summed E-state index contributed by atoms with van der Waals surface area (Å²) in [6.07, 6.45) is 0.303. The molecule has 0 saturated carbocycles. The summed E-state index contributed by atoms with van der Waals surface area (Å²) in [7, 11) is 0. The van der Waals surface area contributed by atoms with Gasteiger partial charge >= 0.3 is 0 Å². The summed E-state index contributed by atoms with van der Waals surface area (Å²) in [5, 5.41) is 31.6. The van der Waals surface area contributed by atoms with Gasteiger partial charge in [-0.05, 0) is 18.2 Å². The summed E-state index contributed by atoms with van der Waals surface area (Å²) in [5.74, 6) is 0.243. The fourth-order valence-electron chi connectivity index (χ4n) is 2.32. The Morgan fingerprint density at radius 2 is 2.06 bits per heavy atom. The highest BCUT2D eigenvalue weighted by molar-refractivity contribution is 5.41. The topological polar surface area (TPSA) is 79.5 Å². The first kappa shape index (κ1) is 12.7. The summed E-state index contributed by atoms with van der Waals surface area (Å²) in [6.45, 7) is 3.42. The predicted molar refractivity (Wildman–Crippen MR) is 67.2 cm³/mol. The molecule has 1 aromatic carbocycles. The van der Waals surface area contributed by atoms with Crippen molar-refractivity contribution in [2.75, 3.05) is 26.2 Å². The van der Waals surface area contributed by atoms with E-state index in [2.05, 4.69) is 16.3 Å². The Bertz CT molecular complexity index is 450. The van der Waals surface area contributed by atoms with E-state index in [1.807, 2.05) is 0 Å². The molecule has 1 atom stereocenters. The van der Waals surface area contributed by atoms with Gasteiger partial charge < -0.3 is 15.5 Å². The van der Waals surface area contributed by atoms with Crippen molar-refractivity contribution < 1.29 is 10.2 Å². The first-order valence-electron chi connectivity index (χ1n) is 6.06. The number of hydrogen-bond acceptors (Lipinski definition) is 5. The molecule has 96 valence electrons. The minimum absolute atomic E-state index is 0.112. The Hall–Kier alpha value is -1.77. The van der Waals surface area contributed by atoms with E-state index >= 15 is 0 Å². The highest BCUT2D eigenvalue weighted by Gasteiger charge is 2.24. The van der Waals surface area contributed by atoms with Crippen molar-refractivity contribution in [2.45, 2.75) is 12.5 Å². The van der Waals surface area contributed by atoms with Gasteiger partial charge in [-0.25, -0.2) is 0 Å². The molecule has 0 aliphatic carbocycles. The minimum Gasteiger partial charge on any atom is -0.508 e. The van der Waals surface area contributed by atoms with Crippen LogP contribution < -0.4 is 5.32 Å². The SMILES string of the molecule is N#CC[C@@H](c1cc(O)ccc1O)N1CCNCC1. The van der Waals surface area contributed by atoms with Gasteiger partial charge in [0.25, 0.3) is 0 Å². The van der Waals surface area contributed by atoms with Gasteiger partial charge in [-0.3, -0.25) is 4.90 Å². The molecule has 1 aromatic rings. The minimum atomic E-state index is -0.163. The van der Waals surface area contributed by atoms with Crippen LogP contribution in [0.1, 0.15) is 18.0 Å². The number of piperazine rings is 1. The lowest BCUT2D eigenvalue weighted by atomic mass is 10.0. The summed E-state index contributed by atoms with van der Waals surface area (Å²) >= 11 is 0. The zero-order chi connectivity index (χ0) is 13.0. The standard InChI is InChI=1S/C13H17N3O2/c14-4-3-12(16-7-5-15-6-8-16)11-9-10(17)1-2-13(11)18/h1-2,9,12,15,17-18H,3,5-8H2/t12-/m0/s1. The third-order valence-corrected chi connectivity index (χ3v) is 3.25. The maximum atomic E-state index is 9.90. The number of benzene rings is 1. The summed E-state index contributed by atoms with van der Waals surface area (Å²) in [6, 6.07) is 6.45. The zero-order valence-corrected chi connectivity index (χ0v) is 10.1. The molecule has 0 bridgehead atoms. The Kier molecular flexibility index (Phi) is 4.03. The van der Waals surface area contributed by atoms with Crippen LogP contribution in [-0.2, 0) is 0 Å². The number of nitrogens with zero attached hydrogens (tertiary/aromatic N) is 2. The van der Waals surface area contributed by atoms with Gasteiger partial charge in [-0.15, -0.1) is 0 Å². The molecule has 0 amide bonds. The van der Waals surface area contributed by atoms with Gasteiger partial charge in [0.1, 0.15) is 11.5 Å². The molecular formula is C13H17N3O2. The van der Waals surface area contributed by atoms with Crippen molar-refractivity contribution in [1.29, 1.82) is 5.26 Å². The van der Waals surface area contributed by atoms with Gasteiger partial charge in [0, 0.05) is 31.7 Å². The molecule has 18 heavy (non-hydrogen) atoms. The first-order valence-corrected chi connectivity index (χ1v) is 6.06. The molecule has 3 N–H and O–H groups in total. The van der Waals surface area contributed by atoms with E-state index in [1.54, 1.807) is 6.07 Å². The summed E-state index contributed by atoms with van der Waals surface area (Å²) in [5.41, 5.74) is 0.624. The molecule has 1 heterocycles. The molecule has 1 fully saturated rings. The van der Waals surface area contributed by atoms with Crippen molar-refractivity contribution in [3.05, 3.63) is 23.8 Å². The molecule has 2 rings (SSSR count). The second-order valence-corrected chi connectivity index (χ2v) is 4.41. The highest BCUT2D eigenvalue weighted by Crippen LogP contribution is 2.33. The van der Waals surface area contributed by atoms with E-state index in [9.17, 15) is 10.2 Å². The van der Waals surface area contributed by atoms with Gasteiger partial charge in [-0.1, -0.05) is 0 Å². The van der Waals surface area contributed by atoms with Gasteiger partial charge in [0.2, 0.25) is 0 Å². The van der Waals surface area contributed by atoms with Crippen LogP contribution in [0.2, 0.25) is 0 Å². The largest absolute Gasteiger partial charge is 0.508 e. The number of phenols is 2. The third-order valence-electron chi connectivity index (χ3n) is 3.25. The monoisotopic (exact) mass is 247 g/mol. The van der Waals surface area contributed by atoms with Crippen LogP contribution in [0.15, 0.2) is 18.2 Å². The van der Waals surface area contributed by atoms with Crippen LogP contribution >= 0.6 is 0 Å². The van der Waals surface area contributed by atoms with Crippen LogP contribution in [0.3, 0.4) is 0 Å². The normalized spacial score (nSPS) is 18.2. The number of aromatic hydroxyl groups is 2. The van der Waals surface area contributed by atoms with E-state index in [1.165, 1.54) is 12.1 Å². The van der Waals surface area contributed by atoms with E-state index in [-0.39, 0.29) is 17.5 Å². The molecule has 0 unspecified atom stereocenters. The maximum Gasteiger partial charge on any atom is 0.120 e. The Morgan fingerprint density at radius 3 is 2.72 bits per heavy atom. The van der Waals surface area contributed by atoms with Crippen LogP contribution in [0.4, 0.5) is 0 Å². The smallest absolute Gasteiger partial charge is 0.120 e. The average molecular weight is 247 g/mol. The molecule has 1 saturated heterocycles. The van der Waals surface area contributed by atoms with Crippen molar-refractivity contribution in [1.82, 2.24) is 10.2 Å². The molecule has 5 nitrogen and oxygen atoms in total. The molecule has 0 radical (unpaired) electrons. The molecule has 0 spiro atoms. The maximum absolute atomic E-state index is 9.90. The van der Waals surface area contributed by atoms with E-state index in [4.69, 9.17) is 5.26 Å². The van der Waals surface area contributed by atoms with Crippen molar-refractivity contribution in [3.63, 3.8) is 0 Å². The van der Waals surface area contributed by atoms with Gasteiger partial charge in [0.15, 0.2) is 0 Å². The van der Waals surface area contributed by atoms with E-state index in [0.717, 1.165) is 26.2 Å². The van der Waals surface area contributed by atoms with E-state index < -0.39 is 0 Å². The van der Waals surface area contributed by atoms with Crippen LogP contribution in [-0.4, -0.2) is 41.3 Å². The fraction of sp³-hybridized carbons (Fsp3) is 0.462. The lowest BCUT2D eigenvalue weighted by molar-refractivity contribution is 0.173. The Morgan fingerprint density at radius 1 is 1.33 bits per heavy atom. The second-order valence-electron chi connectivity index (χ2n) is 4.41. The van der Waals surface area contributed by atoms with Crippen LogP contribution in [0.25, 0.3) is 0 Å². The van der Waals surface area contributed by atoms with Crippen molar-refractivity contribution >= 4 is 0 Å². The summed E-state index contributed by atoms with van der Waals surface area (Å²) < 4.78 is 0. The zero-order valence-electron chi connectivity index (χ0n) is 10.1. The molecular weight excluding hydrogens is 230 g/mol. The fourth-order valence-corrected chi connectivity index (χ4v) is 2.32. The van der Waals surface area contributed by atoms with Gasteiger partial charge in [0.05, 0.1) is 18.5 Å². The number of hydrogen-bond donors (Lipinski definition) is 3. The molecule has 1 aliphatic rings. The van der Waals surface area contributed by atoms with Crippen LogP contribution in [0.5, 0.6) is 11.5 Å². The molecule has 1 aliphatic heterocycles. The van der Waals surface area contributed by atoms with Crippen LogP contribution in [0, 0.1) is 11.3 Å². The Labute approximate surface area is 106 Å². The summed E-state index contributed by atoms with van der Waals surface area (Å²) in [4.78, 5) is 2.16. The second kappa shape index (κ2) is 5.71. The molecule has 5 heteroatoms.